The first kappa shape index (κ1) is 14.0. The monoisotopic (exact) mass is 261 g/mol. The summed E-state index contributed by atoms with van der Waals surface area (Å²) in [5.41, 5.74) is 8.24. The Hall–Kier alpha value is -1.39. The molecule has 0 spiro atoms. The third-order valence-corrected chi connectivity index (χ3v) is 3.67. The lowest BCUT2D eigenvalue weighted by atomic mass is 10.1. The van der Waals surface area contributed by atoms with Crippen molar-refractivity contribution in [2.75, 3.05) is 26.7 Å². The van der Waals surface area contributed by atoms with Crippen LogP contribution in [0.15, 0.2) is 24.3 Å². The fraction of sp³-hybridized carbons (Fsp3) is 0.533. The van der Waals surface area contributed by atoms with Gasteiger partial charge in [0.2, 0.25) is 5.91 Å². The van der Waals surface area contributed by atoms with Crippen molar-refractivity contribution in [1.82, 2.24) is 9.80 Å². The van der Waals surface area contributed by atoms with Gasteiger partial charge in [0.15, 0.2) is 0 Å². The lowest BCUT2D eigenvalue weighted by Crippen LogP contribution is -2.31. The summed E-state index contributed by atoms with van der Waals surface area (Å²) in [5.74, 6) is 0.212. The Morgan fingerprint density at radius 1 is 1.32 bits per heavy atom. The number of rotatable bonds is 6. The first-order chi connectivity index (χ1) is 9.20. The highest BCUT2D eigenvalue weighted by Crippen LogP contribution is 2.22. The fourth-order valence-corrected chi connectivity index (χ4v) is 2.46. The number of carbonyl (C=O) groups excluding carboxylic acids is 1. The Morgan fingerprint density at radius 3 is 2.53 bits per heavy atom. The van der Waals surface area contributed by atoms with Crippen molar-refractivity contribution < 1.29 is 4.79 Å². The molecule has 1 aromatic carbocycles. The summed E-state index contributed by atoms with van der Waals surface area (Å²) in [6, 6.07) is 8.50. The Kier molecular flexibility index (Phi) is 4.93. The van der Waals surface area contributed by atoms with Crippen molar-refractivity contribution in [2.45, 2.75) is 25.9 Å². The zero-order valence-corrected chi connectivity index (χ0v) is 11.6. The van der Waals surface area contributed by atoms with E-state index in [-0.39, 0.29) is 5.91 Å². The molecule has 0 aromatic heterocycles. The predicted molar refractivity (Wildman–Crippen MR) is 76.5 cm³/mol. The molecule has 0 atom stereocenters. The molecule has 0 aliphatic carbocycles. The summed E-state index contributed by atoms with van der Waals surface area (Å²) in [6.45, 7) is 4.17. The van der Waals surface area contributed by atoms with Gasteiger partial charge in [-0.15, -0.1) is 0 Å². The van der Waals surface area contributed by atoms with E-state index in [2.05, 4.69) is 29.2 Å². The summed E-state index contributed by atoms with van der Waals surface area (Å²) in [6.07, 6.45) is 1.46. The van der Waals surface area contributed by atoms with Gasteiger partial charge in [-0.2, -0.15) is 0 Å². The molecule has 1 aliphatic heterocycles. The maximum absolute atomic E-state index is 11.9. The SMILES string of the molecule is CN(CCCN)C(=O)CCN1Cc2ccccc2C1. The van der Waals surface area contributed by atoms with Gasteiger partial charge in [-0.25, -0.2) is 0 Å². The maximum Gasteiger partial charge on any atom is 0.223 e. The Morgan fingerprint density at radius 2 is 1.95 bits per heavy atom. The van der Waals surface area contributed by atoms with Crippen molar-refractivity contribution in [1.29, 1.82) is 0 Å². The van der Waals surface area contributed by atoms with E-state index in [1.54, 1.807) is 4.90 Å². The highest BCUT2D eigenvalue weighted by molar-refractivity contribution is 5.76. The molecule has 0 saturated heterocycles. The van der Waals surface area contributed by atoms with E-state index in [1.165, 1.54) is 11.1 Å². The van der Waals surface area contributed by atoms with Crippen molar-refractivity contribution >= 4 is 5.91 Å². The number of nitrogens with zero attached hydrogens (tertiary/aromatic N) is 2. The molecule has 0 unspecified atom stereocenters. The van der Waals surface area contributed by atoms with Gasteiger partial charge in [0, 0.05) is 39.6 Å². The van der Waals surface area contributed by atoms with E-state index in [0.717, 1.165) is 32.6 Å². The van der Waals surface area contributed by atoms with Gasteiger partial charge in [-0.3, -0.25) is 9.69 Å². The van der Waals surface area contributed by atoms with Gasteiger partial charge in [0.25, 0.3) is 0 Å². The number of carbonyl (C=O) groups is 1. The smallest absolute Gasteiger partial charge is 0.223 e. The summed E-state index contributed by atoms with van der Waals surface area (Å²) < 4.78 is 0. The number of amides is 1. The number of hydrogen-bond donors (Lipinski definition) is 1. The van der Waals surface area contributed by atoms with Crippen LogP contribution in [-0.4, -0.2) is 42.4 Å². The molecule has 1 aliphatic rings. The van der Waals surface area contributed by atoms with Crippen LogP contribution in [0.5, 0.6) is 0 Å². The first-order valence-electron chi connectivity index (χ1n) is 6.94. The Bertz CT molecular complexity index is 408. The molecule has 2 rings (SSSR count). The van der Waals surface area contributed by atoms with Crippen molar-refractivity contribution in [3.63, 3.8) is 0 Å². The van der Waals surface area contributed by atoms with Crippen molar-refractivity contribution in [2.24, 2.45) is 5.73 Å². The average Bonchev–Trinajstić information content (AvgIpc) is 2.84. The molecule has 0 radical (unpaired) electrons. The summed E-state index contributed by atoms with van der Waals surface area (Å²) in [4.78, 5) is 16.1. The summed E-state index contributed by atoms with van der Waals surface area (Å²) in [5, 5.41) is 0. The molecular weight excluding hydrogens is 238 g/mol. The van der Waals surface area contributed by atoms with Crippen molar-refractivity contribution in [3.05, 3.63) is 35.4 Å². The van der Waals surface area contributed by atoms with Gasteiger partial charge in [0.05, 0.1) is 0 Å². The molecule has 0 saturated carbocycles. The molecule has 0 fully saturated rings. The van der Waals surface area contributed by atoms with E-state index in [0.29, 0.717) is 13.0 Å². The van der Waals surface area contributed by atoms with Crippen LogP contribution in [-0.2, 0) is 17.9 Å². The standard InChI is InChI=1S/C15H23N3O/c1-17(9-4-8-16)15(19)7-10-18-11-13-5-2-3-6-14(13)12-18/h2-3,5-6H,4,7-12,16H2,1H3. The second-order valence-electron chi connectivity index (χ2n) is 5.19. The van der Waals surface area contributed by atoms with Gasteiger partial charge in [-0.05, 0) is 24.1 Å². The lowest BCUT2D eigenvalue weighted by Gasteiger charge is -2.19. The third-order valence-electron chi connectivity index (χ3n) is 3.67. The van der Waals surface area contributed by atoms with Crippen LogP contribution < -0.4 is 5.73 Å². The number of nitrogens with two attached hydrogens (primary N) is 1. The molecule has 104 valence electrons. The molecule has 1 aromatic rings. The molecule has 4 heteroatoms. The molecule has 4 nitrogen and oxygen atoms in total. The van der Waals surface area contributed by atoms with Crippen LogP contribution in [0.2, 0.25) is 0 Å². The summed E-state index contributed by atoms with van der Waals surface area (Å²) >= 11 is 0. The first-order valence-corrected chi connectivity index (χ1v) is 6.94. The van der Waals surface area contributed by atoms with Crippen LogP contribution in [0.25, 0.3) is 0 Å². The minimum atomic E-state index is 0.212. The zero-order chi connectivity index (χ0) is 13.7. The number of benzene rings is 1. The van der Waals surface area contributed by atoms with Gasteiger partial charge in [0.1, 0.15) is 0 Å². The van der Waals surface area contributed by atoms with Crippen LogP contribution in [0, 0.1) is 0 Å². The topological polar surface area (TPSA) is 49.6 Å². The van der Waals surface area contributed by atoms with Gasteiger partial charge >= 0.3 is 0 Å². The molecule has 1 amide bonds. The number of hydrogen-bond acceptors (Lipinski definition) is 3. The zero-order valence-electron chi connectivity index (χ0n) is 11.6. The van der Waals surface area contributed by atoms with Gasteiger partial charge in [-0.1, -0.05) is 24.3 Å². The lowest BCUT2D eigenvalue weighted by molar-refractivity contribution is -0.130. The van der Waals surface area contributed by atoms with Crippen LogP contribution in [0.4, 0.5) is 0 Å². The van der Waals surface area contributed by atoms with E-state index in [1.807, 2.05) is 7.05 Å². The number of fused-ring (bicyclic) bond motifs is 1. The second kappa shape index (κ2) is 6.68. The predicted octanol–water partition coefficient (Wildman–Crippen LogP) is 1.20. The normalized spacial score (nSPS) is 14.4. The fourth-order valence-electron chi connectivity index (χ4n) is 2.46. The molecule has 19 heavy (non-hydrogen) atoms. The Balaban J connectivity index is 1.74. The van der Waals surface area contributed by atoms with E-state index >= 15 is 0 Å². The minimum Gasteiger partial charge on any atom is -0.346 e. The quantitative estimate of drug-likeness (QED) is 0.837. The second-order valence-corrected chi connectivity index (χ2v) is 5.19. The van der Waals surface area contributed by atoms with Crippen LogP contribution >= 0.6 is 0 Å². The van der Waals surface area contributed by atoms with Crippen LogP contribution in [0.1, 0.15) is 24.0 Å². The van der Waals surface area contributed by atoms with Crippen molar-refractivity contribution in [3.8, 4) is 0 Å². The molecule has 0 bridgehead atoms. The highest BCUT2D eigenvalue weighted by Gasteiger charge is 2.19. The maximum atomic E-state index is 11.9. The summed E-state index contributed by atoms with van der Waals surface area (Å²) in [7, 11) is 1.86. The Labute approximate surface area is 115 Å². The van der Waals surface area contributed by atoms with E-state index < -0.39 is 0 Å². The highest BCUT2D eigenvalue weighted by atomic mass is 16.2. The molecule has 1 heterocycles. The van der Waals surface area contributed by atoms with Gasteiger partial charge < -0.3 is 10.6 Å². The largest absolute Gasteiger partial charge is 0.346 e. The van der Waals surface area contributed by atoms with E-state index in [9.17, 15) is 4.79 Å². The molecular formula is C15H23N3O. The average molecular weight is 261 g/mol. The molecule has 2 N–H and O–H groups in total. The minimum absolute atomic E-state index is 0.212. The van der Waals surface area contributed by atoms with E-state index in [4.69, 9.17) is 5.73 Å². The third kappa shape index (κ3) is 3.78. The van der Waals surface area contributed by atoms with Crippen LogP contribution in [0.3, 0.4) is 0 Å².